The van der Waals surface area contributed by atoms with Gasteiger partial charge in [-0.2, -0.15) is 0 Å². The molecule has 1 saturated heterocycles. The molecule has 3 aromatic heterocycles. The molecule has 5 rings (SSSR count). The van der Waals surface area contributed by atoms with Crippen molar-refractivity contribution in [3.8, 4) is 5.88 Å². The van der Waals surface area contributed by atoms with E-state index in [9.17, 15) is 9.18 Å². The van der Waals surface area contributed by atoms with E-state index in [2.05, 4.69) is 30.5 Å². The van der Waals surface area contributed by atoms with E-state index < -0.39 is 6.17 Å². The Kier molecular flexibility index (Phi) is 6.89. The molecule has 2 atom stereocenters. The number of thioether (sulfide) groups is 1. The maximum absolute atomic E-state index is 15.0. The number of halogens is 1. The minimum atomic E-state index is -0.964. The molecule has 3 aromatic rings. The number of carbonyl (C=O) groups excluding carboxylic acids is 1. The van der Waals surface area contributed by atoms with Crippen LogP contribution in [0.5, 0.6) is 5.88 Å². The summed E-state index contributed by atoms with van der Waals surface area (Å²) < 4.78 is 20.2. The van der Waals surface area contributed by atoms with Crippen LogP contribution in [0.3, 0.4) is 0 Å². The number of pyridine rings is 3. The molecular weight excluding hydrogens is 455 g/mol. The van der Waals surface area contributed by atoms with Gasteiger partial charge in [0.1, 0.15) is 12.0 Å². The lowest BCUT2D eigenvalue weighted by molar-refractivity contribution is -0.113. The lowest BCUT2D eigenvalue weighted by Crippen LogP contribution is -2.51. The molecule has 2 aliphatic rings. The Labute approximate surface area is 201 Å². The van der Waals surface area contributed by atoms with E-state index in [0.717, 1.165) is 53.1 Å². The van der Waals surface area contributed by atoms with Crippen molar-refractivity contribution in [1.29, 1.82) is 0 Å². The van der Waals surface area contributed by atoms with Gasteiger partial charge in [-0.15, -0.1) is 11.8 Å². The van der Waals surface area contributed by atoms with Crippen molar-refractivity contribution in [3.63, 3.8) is 0 Å². The van der Waals surface area contributed by atoms with Crippen LogP contribution in [0.2, 0.25) is 0 Å². The molecular formula is C24H27FN6O2S. The minimum absolute atomic E-state index is 0.0408. The number of nitrogens with one attached hydrogen (secondary N) is 2. The van der Waals surface area contributed by atoms with Gasteiger partial charge in [0.05, 0.1) is 34.5 Å². The Morgan fingerprint density at radius 1 is 1.26 bits per heavy atom. The number of anilines is 1. The third kappa shape index (κ3) is 5.13. The normalized spacial score (nSPS) is 20.7. The van der Waals surface area contributed by atoms with Gasteiger partial charge in [0.2, 0.25) is 11.8 Å². The van der Waals surface area contributed by atoms with Crippen LogP contribution >= 0.6 is 11.8 Å². The zero-order valence-corrected chi connectivity index (χ0v) is 19.8. The van der Waals surface area contributed by atoms with Gasteiger partial charge in [0.15, 0.2) is 0 Å². The first-order chi connectivity index (χ1) is 16.6. The number of fused-ring (bicyclic) bond motifs is 2. The first-order valence-electron chi connectivity index (χ1n) is 11.4. The van der Waals surface area contributed by atoms with E-state index in [1.54, 1.807) is 19.4 Å². The van der Waals surface area contributed by atoms with Crippen molar-refractivity contribution in [2.75, 3.05) is 37.8 Å². The van der Waals surface area contributed by atoms with Crippen LogP contribution in [0.4, 0.5) is 10.2 Å². The van der Waals surface area contributed by atoms with Crippen molar-refractivity contribution in [1.82, 2.24) is 25.2 Å². The van der Waals surface area contributed by atoms with Gasteiger partial charge in [0.25, 0.3) is 0 Å². The number of carbonyl (C=O) groups is 1. The summed E-state index contributed by atoms with van der Waals surface area (Å²) in [5, 5.41) is 6.12. The summed E-state index contributed by atoms with van der Waals surface area (Å²) in [5.41, 5.74) is 3.55. The van der Waals surface area contributed by atoms with Gasteiger partial charge in [-0.25, -0.2) is 14.4 Å². The smallest absolute Gasteiger partial charge is 0.235 e. The van der Waals surface area contributed by atoms with Crippen LogP contribution in [0, 0.1) is 0 Å². The maximum atomic E-state index is 15.0. The molecule has 0 saturated carbocycles. The Morgan fingerprint density at radius 2 is 2.18 bits per heavy atom. The SMILES string of the molecule is COc1ccc2nccc(CCN3CC[C@@H](NCc4ccc5c(n4)NC(=O)CS5)[C@H](F)C3)c2n1. The molecule has 1 amide bonds. The van der Waals surface area contributed by atoms with Crippen LogP contribution in [0.25, 0.3) is 11.0 Å². The molecule has 0 aliphatic carbocycles. The number of rotatable bonds is 7. The first kappa shape index (κ1) is 22.9. The van der Waals surface area contributed by atoms with E-state index in [4.69, 9.17) is 4.74 Å². The Hall–Kier alpha value is -2.82. The fourth-order valence-corrected chi connectivity index (χ4v) is 5.15. The largest absolute Gasteiger partial charge is 0.481 e. The van der Waals surface area contributed by atoms with E-state index >= 15 is 0 Å². The van der Waals surface area contributed by atoms with Gasteiger partial charge in [0, 0.05) is 37.9 Å². The van der Waals surface area contributed by atoms with Gasteiger partial charge in [-0.05, 0) is 49.2 Å². The number of piperidine rings is 1. The molecule has 0 unspecified atom stereocenters. The van der Waals surface area contributed by atoms with E-state index in [1.165, 1.54) is 11.8 Å². The molecule has 34 heavy (non-hydrogen) atoms. The summed E-state index contributed by atoms with van der Waals surface area (Å²) in [5.74, 6) is 1.53. The molecule has 2 aliphatic heterocycles. The molecule has 178 valence electrons. The topological polar surface area (TPSA) is 92.3 Å². The number of aromatic nitrogens is 3. The van der Waals surface area contributed by atoms with Gasteiger partial charge >= 0.3 is 0 Å². The number of hydrogen-bond acceptors (Lipinski definition) is 8. The molecule has 10 heteroatoms. The molecule has 5 heterocycles. The van der Waals surface area contributed by atoms with Crippen LogP contribution in [0.15, 0.2) is 41.4 Å². The van der Waals surface area contributed by atoms with Crippen LogP contribution in [-0.2, 0) is 17.8 Å². The lowest BCUT2D eigenvalue weighted by atomic mass is 10.0. The summed E-state index contributed by atoms with van der Waals surface area (Å²) in [7, 11) is 1.60. The van der Waals surface area contributed by atoms with Crippen molar-refractivity contribution in [2.24, 2.45) is 0 Å². The number of likely N-dealkylation sites (tertiary alicyclic amines) is 1. The summed E-state index contributed by atoms with van der Waals surface area (Å²) in [6, 6.07) is 9.36. The molecule has 0 spiro atoms. The van der Waals surface area contributed by atoms with Gasteiger partial charge < -0.3 is 15.4 Å². The number of methoxy groups -OCH3 is 1. The maximum Gasteiger partial charge on any atom is 0.235 e. The number of alkyl halides is 1. The number of nitrogens with zero attached hydrogens (tertiary/aromatic N) is 4. The van der Waals surface area contributed by atoms with Crippen molar-refractivity contribution in [3.05, 3.63) is 47.8 Å². The fourth-order valence-electron chi connectivity index (χ4n) is 4.39. The number of ether oxygens (including phenoxy) is 1. The fraction of sp³-hybridized carbons (Fsp3) is 0.417. The minimum Gasteiger partial charge on any atom is -0.481 e. The molecule has 0 bridgehead atoms. The van der Waals surface area contributed by atoms with Crippen LogP contribution in [-0.4, -0.2) is 70.5 Å². The Bertz CT molecular complexity index is 1200. The molecule has 0 radical (unpaired) electrons. The Balaban J connectivity index is 1.14. The zero-order chi connectivity index (χ0) is 23.5. The number of hydrogen-bond donors (Lipinski definition) is 2. The second-order valence-corrected chi connectivity index (χ2v) is 9.54. The van der Waals surface area contributed by atoms with Crippen molar-refractivity contribution >= 4 is 34.5 Å². The predicted octanol–water partition coefficient (Wildman–Crippen LogP) is 2.82. The molecule has 2 N–H and O–H groups in total. The summed E-state index contributed by atoms with van der Waals surface area (Å²) in [6.07, 6.45) is 2.32. The highest BCUT2D eigenvalue weighted by atomic mass is 32.2. The second kappa shape index (κ2) is 10.2. The third-order valence-electron chi connectivity index (χ3n) is 6.25. The van der Waals surface area contributed by atoms with Gasteiger partial charge in [-0.1, -0.05) is 0 Å². The quantitative estimate of drug-likeness (QED) is 0.531. The molecule has 8 nitrogen and oxygen atoms in total. The number of amides is 1. The monoisotopic (exact) mass is 482 g/mol. The highest BCUT2D eigenvalue weighted by Crippen LogP contribution is 2.29. The summed E-state index contributed by atoms with van der Waals surface area (Å²) in [6.45, 7) is 2.44. The third-order valence-corrected chi connectivity index (χ3v) is 7.30. The van der Waals surface area contributed by atoms with E-state index in [0.29, 0.717) is 30.5 Å². The standard InChI is InChI=1S/C24H27FN6O2S/c1-33-22-5-3-19-23(30-22)15(6-9-26-19)7-10-31-11-8-18(17(25)13-31)27-12-16-2-4-20-24(28-16)29-21(32)14-34-20/h2-6,9,17-18,27H,7-8,10-14H2,1H3,(H,28,29,32)/t17-,18-/m1/s1. The van der Waals surface area contributed by atoms with Crippen LogP contribution in [0.1, 0.15) is 17.7 Å². The average molecular weight is 483 g/mol. The zero-order valence-electron chi connectivity index (χ0n) is 19.0. The van der Waals surface area contributed by atoms with Gasteiger partial charge in [-0.3, -0.25) is 14.7 Å². The molecule has 0 aromatic carbocycles. The highest BCUT2D eigenvalue weighted by Gasteiger charge is 2.29. The van der Waals surface area contributed by atoms with E-state index in [1.807, 2.05) is 24.3 Å². The summed E-state index contributed by atoms with van der Waals surface area (Å²) in [4.78, 5) is 28.2. The van der Waals surface area contributed by atoms with E-state index in [-0.39, 0.29) is 11.9 Å². The molecule has 1 fully saturated rings. The highest BCUT2D eigenvalue weighted by molar-refractivity contribution is 8.00. The predicted molar refractivity (Wildman–Crippen MR) is 130 cm³/mol. The Morgan fingerprint density at radius 3 is 3.03 bits per heavy atom. The summed E-state index contributed by atoms with van der Waals surface area (Å²) >= 11 is 1.48. The van der Waals surface area contributed by atoms with Crippen molar-refractivity contribution in [2.45, 2.75) is 36.5 Å². The van der Waals surface area contributed by atoms with Crippen LogP contribution < -0.4 is 15.4 Å². The average Bonchev–Trinajstić information content (AvgIpc) is 2.86. The second-order valence-electron chi connectivity index (χ2n) is 8.52. The first-order valence-corrected chi connectivity index (χ1v) is 12.4. The van der Waals surface area contributed by atoms with Crippen molar-refractivity contribution < 1.29 is 13.9 Å². The lowest BCUT2D eigenvalue weighted by Gasteiger charge is -2.35.